The normalized spacial score (nSPS) is 15.7. The number of carbonyl (C=O) groups excluding carboxylic acids is 1. The summed E-state index contributed by atoms with van der Waals surface area (Å²) in [4.78, 5) is 33.2. The smallest absolute Gasteiger partial charge is 0.267 e. The van der Waals surface area contributed by atoms with Crippen molar-refractivity contribution in [3.8, 4) is 0 Å². The lowest BCUT2D eigenvalue weighted by Crippen LogP contribution is -2.29. The van der Waals surface area contributed by atoms with Gasteiger partial charge in [0.05, 0.1) is 16.6 Å². The van der Waals surface area contributed by atoms with E-state index < -0.39 is 6.10 Å². The van der Waals surface area contributed by atoms with Crippen LogP contribution in [0.3, 0.4) is 0 Å². The summed E-state index contributed by atoms with van der Waals surface area (Å²) in [6, 6.07) is 14.6. The number of pyridine rings is 1. The number of hydrogen-bond donors (Lipinski definition) is 2. The van der Waals surface area contributed by atoms with Gasteiger partial charge in [0, 0.05) is 19.3 Å². The predicted molar refractivity (Wildman–Crippen MR) is 150 cm³/mol. The van der Waals surface area contributed by atoms with E-state index in [0.717, 1.165) is 31.2 Å². The van der Waals surface area contributed by atoms with E-state index in [0.29, 0.717) is 27.2 Å². The number of aromatic nitrogens is 2. The van der Waals surface area contributed by atoms with E-state index >= 15 is 0 Å². The number of carbonyl (C=O) groups is 1. The van der Waals surface area contributed by atoms with Crippen LogP contribution >= 0.6 is 24.0 Å². The molecule has 1 aromatic carbocycles. The van der Waals surface area contributed by atoms with Crippen LogP contribution in [0.4, 0.5) is 5.82 Å². The first kappa shape index (κ1) is 26.1. The average Bonchev–Trinajstić information content (AvgIpc) is 3.16. The SMILES string of the molecule is CCCCCCCN1C(=O)C(=Cc2c(NCC(O)c3ccccc3)nc3ccccn3c2=O)SC1=S. The zero-order chi connectivity index (χ0) is 25.5. The molecule has 1 fully saturated rings. The maximum Gasteiger partial charge on any atom is 0.267 e. The molecule has 0 bridgehead atoms. The summed E-state index contributed by atoms with van der Waals surface area (Å²) in [5.41, 5.74) is 1.17. The quantitative estimate of drug-likeness (QED) is 0.208. The number of unbranched alkanes of at least 4 members (excludes halogenated alkanes) is 4. The molecule has 0 aliphatic carbocycles. The second-order valence-corrected chi connectivity index (χ2v) is 10.3. The molecule has 2 N–H and O–H groups in total. The topological polar surface area (TPSA) is 86.9 Å². The molecule has 36 heavy (non-hydrogen) atoms. The first-order valence-electron chi connectivity index (χ1n) is 12.2. The van der Waals surface area contributed by atoms with Crippen molar-refractivity contribution in [2.45, 2.75) is 45.1 Å². The van der Waals surface area contributed by atoms with Crippen LogP contribution in [-0.4, -0.2) is 42.7 Å². The Morgan fingerprint density at radius 3 is 2.61 bits per heavy atom. The zero-order valence-corrected chi connectivity index (χ0v) is 21.9. The van der Waals surface area contributed by atoms with Crippen LogP contribution in [0.2, 0.25) is 0 Å². The highest BCUT2D eigenvalue weighted by Crippen LogP contribution is 2.33. The molecule has 1 aliphatic heterocycles. The third-order valence-electron chi connectivity index (χ3n) is 6.05. The van der Waals surface area contributed by atoms with Crippen molar-refractivity contribution >= 4 is 51.7 Å². The summed E-state index contributed by atoms with van der Waals surface area (Å²) >= 11 is 6.68. The van der Waals surface area contributed by atoms with E-state index in [1.807, 2.05) is 30.3 Å². The van der Waals surface area contributed by atoms with Gasteiger partial charge in [-0.05, 0) is 30.2 Å². The molecule has 0 radical (unpaired) electrons. The summed E-state index contributed by atoms with van der Waals surface area (Å²) in [6.07, 6.45) is 7.87. The van der Waals surface area contributed by atoms with Gasteiger partial charge in [-0.1, -0.05) is 93.0 Å². The van der Waals surface area contributed by atoms with E-state index in [1.165, 1.54) is 22.6 Å². The molecule has 3 aromatic rings. The Labute approximate surface area is 220 Å². The van der Waals surface area contributed by atoms with Crippen LogP contribution in [0.5, 0.6) is 0 Å². The van der Waals surface area contributed by atoms with Gasteiger partial charge in [-0.15, -0.1) is 0 Å². The number of benzene rings is 1. The average molecular weight is 523 g/mol. The highest BCUT2D eigenvalue weighted by molar-refractivity contribution is 8.26. The van der Waals surface area contributed by atoms with E-state index in [4.69, 9.17) is 12.2 Å². The molecule has 1 aliphatic rings. The number of thiocarbonyl (C=S) groups is 1. The number of rotatable bonds is 11. The fraction of sp³-hybridized carbons (Fsp3) is 0.333. The molecule has 0 spiro atoms. The standard InChI is InChI=1S/C27H30N4O3S2/c1-2-3-4-5-10-16-31-26(34)22(36-27(31)35)17-20-24(28-18-21(32)19-12-7-6-8-13-19)29-23-14-9-11-15-30(23)25(20)33/h6-9,11-15,17,21,28,32H,2-5,10,16,18H2,1H3. The van der Waals surface area contributed by atoms with Crippen molar-refractivity contribution in [2.75, 3.05) is 18.4 Å². The first-order valence-corrected chi connectivity index (χ1v) is 13.5. The summed E-state index contributed by atoms with van der Waals surface area (Å²) < 4.78 is 1.95. The van der Waals surface area contributed by atoms with Crippen molar-refractivity contribution in [1.82, 2.24) is 14.3 Å². The summed E-state index contributed by atoms with van der Waals surface area (Å²) in [5, 5.41) is 13.7. The minimum atomic E-state index is -0.791. The number of hydrogen-bond acceptors (Lipinski definition) is 7. The minimum Gasteiger partial charge on any atom is -0.387 e. The number of aliphatic hydroxyl groups is 1. The Kier molecular flexibility index (Phi) is 8.90. The fourth-order valence-electron chi connectivity index (χ4n) is 4.05. The second-order valence-electron chi connectivity index (χ2n) is 8.66. The maximum absolute atomic E-state index is 13.4. The molecule has 0 saturated carbocycles. The number of thioether (sulfide) groups is 1. The van der Waals surface area contributed by atoms with E-state index in [2.05, 4.69) is 17.2 Å². The van der Waals surface area contributed by atoms with E-state index in [1.54, 1.807) is 35.4 Å². The highest BCUT2D eigenvalue weighted by Gasteiger charge is 2.32. The Hall–Kier alpha value is -3.01. The summed E-state index contributed by atoms with van der Waals surface area (Å²) in [5.74, 6) is 0.124. The van der Waals surface area contributed by atoms with E-state index in [-0.39, 0.29) is 23.6 Å². The van der Waals surface area contributed by atoms with Gasteiger partial charge in [0.2, 0.25) is 0 Å². The molecule has 4 rings (SSSR count). The number of aliphatic hydroxyl groups excluding tert-OH is 1. The Morgan fingerprint density at radius 1 is 1.08 bits per heavy atom. The second kappa shape index (κ2) is 12.3. The molecule has 1 atom stereocenters. The van der Waals surface area contributed by atoms with Gasteiger partial charge < -0.3 is 10.4 Å². The highest BCUT2D eigenvalue weighted by atomic mass is 32.2. The number of amides is 1. The van der Waals surface area contributed by atoms with Crippen molar-refractivity contribution in [3.63, 3.8) is 0 Å². The van der Waals surface area contributed by atoms with Crippen LogP contribution in [0.15, 0.2) is 64.4 Å². The van der Waals surface area contributed by atoms with Crippen LogP contribution in [0, 0.1) is 0 Å². The van der Waals surface area contributed by atoms with Crippen LogP contribution < -0.4 is 10.9 Å². The van der Waals surface area contributed by atoms with E-state index in [9.17, 15) is 14.7 Å². The van der Waals surface area contributed by atoms with Gasteiger partial charge in [0.25, 0.3) is 11.5 Å². The van der Waals surface area contributed by atoms with Crippen LogP contribution in [-0.2, 0) is 4.79 Å². The third-order valence-corrected chi connectivity index (χ3v) is 7.43. The molecule has 1 unspecified atom stereocenters. The molecule has 1 saturated heterocycles. The van der Waals surface area contributed by atoms with Crippen molar-refractivity contribution < 1.29 is 9.90 Å². The van der Waals surface area contributed by atoms with Gasteiger partial charge in [-0.25, -0.2) is 4.98 Å². The van der Waals surface area contributed by atoms with Crippen molar-refractivity contribution in [3.05, 3.63) is 81.1 Å². The lowest BCUT2D eigenvalue weighted by atomic mass is 10.1. The fourth-order valence-corrected chi connectivity index (χ4v) is 5.34. The van der Waals surface area contributed by atoms with Gasteiger partial charge in [0.1, 0.15) is 15.8 Å². The Balaban J connectivity index is 1.60. The predicted octanol–water partition coefficient (Wildman–Crippen LogP) is 5.01. The monoisotopic (exact) mass is 522 g/mol. The molecule has 7 nitrogen and oxygen atoms in total. The summed E-state index contributed by atoms with van der Waals surface area (Å²) in [7, 11) is 0. The lowest BCUT2D eigenvalue weighted by Gasteiger charge is -2.15. The van der Waals surface area contributed by atoms with Crippen molar-refractivity contribution in [1.29, 1.82) is 0 Å². The number of anilines is 1. The third kappa shape index (κ3) is 6.03. The first-order chi connectivity index (χ1) is 17.5. The largest absolute Gasteiger partial charge is 0.387 e. The molecule has 1 amide bonds. The van der Waals surface area contributed by atoms with Gasteiger partial charge in [0.15, 0.2) is 0 Å². The number of nitrogens with one attached hydrogen (secondary N) is 1. The molecular formula is C27H30N4O3S2. The van der Waals surface area contributed by atoms with Gasteiger partial charge >= 0.3 is 0 Å². The number of fused-ring (bicyclic) bond motifs is 1. The van der Waals surface area contributed by atoms with Gasteiger partial charge in [-0.3, -0.25) is 18.9 Å². The molecule has 2 aromatic heterocycles. The van der Waals surface area contributed by atoms with Crippen LogP contribution in [0.1, 0.15) is 56.3 Å². The number of nitrogens with zero attached hydrogens (tertiary/aromatic N) is 3. The zero-order valence-electron chi connectivity index (χ0n) is 20.2. The minimum absolute atomic E-state index is 0.152. The molecule has 3 heterocycles. The van der Waals surface area contributed by atoms with Crippen LogP contribution in [0.25, 0.3) is 11.7 Å². The molecule has 9 heteroatoms. The summed E-state index contributed by atoms with van der Waals surface area (Å²) in [6.45, 7) is 2.90. The van der Waals surface area contributed by atoms with Gasteiger partial charge in [-0.2, -0.15) is 0 Å². The lowest BCUT2D eigenvalue weighted by molar-refractivity contribution is -0.122. The molecular weight excluding hydrogens is 492 g/mol. The Bertz CT molecular complexity index is 1320. The Morgan fingerprint density at radius 2 is 1.83 bits per heavy atom. The molecule has 188 valence electrons. The van der Waals surface area contributed by atoms with Crippen molar-refractivity contribution in [2.24, 2.45) is 0 Å². The maximum atomic E-state index is 13.4.